The van der Waals surface area contributed by atoms with E-state index in [2.05, 4.69) is 5.32 Å². The standard InChI is InChI=1S/C19H21ClN4O5S/c1-13-12-22(19-8-5-16(24(26)27)11-18(19)20)9-10-23(13)30(28,29)17-6-3-15(4-7-17)21-14(2)25/h3-8,11,13H,9-10,12H2,1-2H3,(H,21,25)/t13-/m0/s1. The molecule has 0 radical (unpaired) electrons. The number of sulfonamides is 1. The molecule has 9 nitrogen and oxygen atoms in total. The van der Waals surface area contributed by atoms with Crippen LogP contribution < -0.4 is 10.2 Å². The molecule has 0 bridgehead atoms. The number of benzene rings is 2. The molecule has 1 fully saturated rings. The Kier molecular flexibility index (Phi) is 6.30. The normalized spacial score (nSPS) is 17.6. The molecule has 160 valence electrons. The van der Waals surface area contributed by atoms with E-state index in [1.807, 2.05) is 4.90 Å². The molecule has 1 aliphatic heterocycles. The molecule has 0 aromatic heterocycles. The Balaban J connectivity index is 1.76. The van der Waals surface area contributed by atoms with Crippen LogP contribution in [0.1, 0.15) is 13.8 Å². The van der Waals surface area contributed by atoms with Gasteiger partial charge in [0.05, 0.1) is 20.5 Å². The van der Waals surface area contributed by atoms with E-state index in [9.17, 15) is 23.3 Å². The van der Waals surface area contributed by atoms with Crippen LogP contribution in [-0.4, -0.2) is 49.2 Å². The first-order valence-electron chi connectivity index (χ1n) is 9.18. The monoisotopic (exact) mass is 452 g/mol. The first kappa shape index (κ1) is 22.0. The van der Waals surface area contributed by atoms with Gasteiger partial charge in [-0.15, -0.1) is 0 Å². The first-order chi connectivity index (χ1) is 14.1. The van der Waals surface area contributed by atoms with Crippen molar-refractivity contribution in [3.05, 3.63) is 57.6 Å². The van der Waals surface area contributed by atoms with Gasteiger partial charge in [0.15, 0.2) is 0 Å². The fourth-order valence-electron chi connectivity index (χ4n) is 3.43. The van der Waals surface area contributed by atoms with Gasteiger partial charge in [0.1, 0.15) is 0 Å². The minimum Gasteiger partial charge on any atom is -0.367 e. The maximum absolute atomic E-state index is 13.1. The second-order valence-corrected chi connectivity index (χ2v) is 9.31. The van der Waals surface area contributed by atoms with Crippen LogP contribution in [0.2, 0.25) is 5.02 Å². The predicted octanol–water partition coefficient (Wildman–Crippen LogP) is 3.11. The molecule has 0 aliphatic carbocycles. The minimum atomic E-state index is -3.72. The lowest BCUT2D eigenvalue weighted by molar-refractivity contribution is -0.384. The molecule has 1 amide bonds. The average molecular weight is 453 g/mol. The summed E-state index contributed by atoms with van der Waals surface area (Å²) in [5.41, 5.74) is 1.05. The highest BCUT2D eigenvalue weighted by Crippen LogP contribution is 2.32. The molecule has 30 heavy (non-hydrogen) atoms. The van der Waals surface area contributed by atoms with E-state index in [0.29, 0.717) is 24.5 Å². The summed E-state index contributed by atoms with van der Waals surface area (Å²) in [6.07, 6.45) is 0. The smallest absolute Gasteiger partial charge is 0.271 e. The van der Waals surface area contributed by atoms with Crippen LogP contribution in [0.5, 0.6) is 0 Å². The van der Waals surface area contributed by atoms with Crippen LogP contribution >= 0.6 is 11.6 Å². The number of piperazine rings is 1. The highest BCUT2D eigenvalue weighted by atomic mass is 35.5. The predicted molar refractivity (Wildman–Crippen MR) is 114 cm³/mol. The fraction of sp³-hybridized carbons (Fsp3) is 0.316. The number of nitrogens with zero attached hydrogens (tertiary/aromatic N) is 3. The maximum atomic E-state index is 13.1. The lowest BCUT2D eigenvalue weighted by Gasteiger charge is -2.40. The van der Waals surface area contributed by atoms with E-state index < -0.39 is 14.9 Å². The van der Waals surface area contributed by atoms with E-state index in [-0.39, 0.29) is 34.1 Å². The highest BCUT2D eigenvalue weighted by Gasteiger charge is 2.34. The number of nitro groups is 1. The second kappa shape index (κ2) is 8.58. The van der Waals surface area contributed by atoms with Gasteiger partial charge in [0, 0.05) is 50.4 Å². The number of amides is 1. The molecule has 1 N–H and O–H groups in total. The Hall–Kier alpha value is -2.69. The van der Waals surface area contributed by atoms with Gasteiger partial charge in [-0.05, 0) is 37.3 Å². The van der Waals surface area contributed by atoms with Gasteiger partial charge >= 0.3 is 0 Å². The second-order valence-electron chi connectivity index (χ2n) is 7.01. The summed E-state index contributed by atoms with van der Waals surface area (Å²) in [5.74, 6) is -0.236. The Morgan fingerprint density at radius 2 is 1.87 bits per heavy atom. The number of rotatable bonds is 5. The number of hydrogen-bond acceptors (Lipinski definition) is 6. The highest BCUT2D eigenvalue weighted by molar-refractivity contribution is 7.89. The number of halogens is 1. The lowest BCUT2D eigenvalue weighted by Crippen LogP contribution is -2.54. The molecular formula is C19H21ClN4O5S. The molecule has 1 heterocycles. The summed E-state index contributed by atoms with van der Waals surface area (Å²) in [5, 5.41) is 13.7. The van der Waals surface area contributed by atoms with Gasteiger partial charge in [-0.25, -0.2) is 8.42 Å². The zero-order valence-corrected chi connectivity index (χ0v) is 18.0. The third-order valence-corrected chi connectivity index (χ3v) is 7.16. The van der Waals surface area contributed by atoms with Crippen LogP contribution in [0.15, 0.2) is 47.4 Å². The fourth-order valence-corrected chi connectivity index (χ4v) is 5.34. The molecule has 2 aromatic rings. The Morgan fingerprint density at radius 1 is 1.20 bits per heavy atom. The van der Waals surface area contributed by atoms with Crippen LogP contribution in [-0.2, 0) is 14.8 Å². The average Bonchev–Trinajstić information content (AvgIpc) is 2.67. The number of nitrogens with one attached hydrogen (secondary N) is 1. The summed E-state index contributed by atoms with van der Waals surface area (Å²) >= 11 is 6.22. The van der Waals surface area contributed by atoms with E-state index >= 15 is 0 Å². The number of anilines is 2. The van der Waals surface area contributed by atoms with Crippen molar-refractivity contribution in [3.8, 4) is 0 Å². The summed E-state index contributed by atoms with van der Waals surface area (Å²) in [6.45, 7) is 4.20. The van der Waals surface area contributed by atoms with E-state index in [1.165, 1.54) is 35.5 Å². The Bertz CT molecular complexity index is 1070. The van der Waals surface area contributed by atoms with Crippen molar-refractivity contribution in [1.29, 1.82) is 0 Å². The molecule has 1 aliphatic rings. The van der Waals surface area contributed by atoms with Gasteiger partial charge in [0.2, 0.25) is 15.9 Å². The summed E-state index contributed by atoms with van der Waals surface area (Å²) < 4.78 is 27.6. The van der Waals surface area contributed by atoms with Crippen molar-refractivity contribution in [2.75, 3.05) is 29.9 Å². The zero-order valence-electron chi connectivity index (χ0n) is 16.4. The largest absolute Gasteiger partial charge is 0.367 e. The van der Waals surface area contributed by atoms with Crippen molar-refractivity contribution in [2.45, 2.75) is 24.8 Å². The van der Waals surface area contributed by atoms with Crippen LogP contribution in [0.3, 0.4) is 0 Å². The van der Waals surface area contributed by atoms with E-state index in [1.54, 1.807) is 25.1 Å². The first-order valence-corrected chi connectivity index (χ1v) is 11.0. The van der Waals surface area contributed by atoms with Crippen molar-refractivity contribution in [3.63, 3.8) is 0 Å². The molecular weight excluding hydrogens is 432 g/mol. The Labute approximate surface area is 179 Å². The van der Waals surface area contributed by atoms with Gasteiger partial charge in [-0.3, -0.25) is 14.9 Å². The van der Waals surface area contributed by atoms with Gasteiger partial charge < -0.3 is 10.2 Å². The summed E-state index contributed by atoms with van der Waals surface area (Å²) in [4.78, 5) is 23.6. The van der Waals surface area contributed by atoms with Crippen molar-refractivity contribution < 1.29 is 18.1 Å². The van der Waals surface area contributed by atoms with Crippen molar-refractivity contribution >= 4 is 44.6 Å². The van der Waals surface area contributed by atoms with Gasteiger partial charge in [-0.2, -0.15) is 4.31 Å². The molecule has 11 heteroatoms. The molecule has 0 unspecified atom stereocenters. The van der Waals surface area contributed by atoms with Crippen molar-refractivity contribution in [1.82, 2.24) is 4.31 Å². The minimum absolute atomic E-state index is 0.0966. The van der Waals surface area contributed by atoms with Crippen LogP contribution in [0, 0.1) is 10.1 Å². The quantitative estimate of drug-likeness (QED) is 0.551. The van der Waals surface area contributed by atoms with Crippen LogP contribution in [0.25, 0.3) is 0 Å². The van der Waals surface area contributed by atoms with Crippen molar-refractivity contribution in [2.24, 2.45) is 0 Å². The molecule has 0 saturated carbocycles. The number of carbonyl (C=O) groups is 1. The number of non-ortho nitro benzene ring substituents is 1. The molecule has 0 spiro atoms. The zero-order chi connectivity index (χ0) is 22.1. The number of carbonyl (C=O) groups excluding carboxylic acids is 1. The molecule has 1 atom stereocenters. The number of hydrogen-bond donors (Lipinski definition) is 1. The summed E-state index contributed by atoms with van der Waals surface area (Å²) in [6, 6.07) is 9.94. The van der Waals surface area contributed by atoms with Gasteiger partial charge in [-0.1, -0.05) is 11.6 Å². The lowest BCUT2D eigenvalue weighted by atomic mass is 10.2. The topological polar surface area (TPSA) is 113 Å². The third-order valence-electron chi connectivity index (χ3n) is 4.83. The number of nitro benzene ring substituents is 1. The third kappa shape index (κ3) is 4.55. The summed E-state index contributed by atoms with van der Waals surface area (Å²) in [7, 11) is -3.72. The molecule has 3 rings (SSSR count). The van der Waals surface area contributed by atoms with E-state index in [0.717, 1.165) is 0 Å². The Morgan fingerprint density at radius 3 is 2.40 bits per heavy atom. The molecule has 1 saturated heterocycles. The SMILES string of the molecule is CC(=O)Nc1ccc(S(=O)(=O)N2CCN(c3ccc([N+](=O)[O-])cc3Cl)C[C@@H]2C)cc1. The van der Waals surface area contributed by atoms with E-state index in [4.69, 9.17) is 11.6 Å². The maximum Gasteiger partial charge on any atom is 0.271 e. The van der Waals surface area contributed by atoms with Gasteiger partial charge in [0.25, 0.3) is 5.69 Å². The van der Waals surface area contributed by atoms with Crippen LogP contribution in [0.4, 0.5) is 17.1 Å². The molecule has 2 aromatic carbocycles.